The zero-order chi connectivity index (χ0) is 25.4. The Hall–Kier alpha value is -3.87. The Bertz CT molecular complexity index is 1400. The lowest BCUT2D eigenvalue weighted by atomic mass is 10.2. The van der Waals surface area contributed by atoms with Gasteiger partial charge in [-0.3, -0.25) is 9.36 Å². The van der Waals surface area contributed by atoms with Gasteiger partial charge in [-0.05, 0) is 18.2 Å². The predicted molar refractivity (Wildman–Crippen MR) is 107 cm³/mol. The first-order chi connectivity index (χ1) is 15.8. The monoisotopic (exact) mass is 506 g/mol. The van der Waals surface area contributed by atoms with Crippen LogP contribution in [-0.4, -0.2) is 26.8 Å². The zero-order valence-corrected chi connectivity index (χ0v) is 17.6. The molecule has 0 saturated heterocycles. The summed E-state index contributed by atoms with van der Waals surface area (Å²) in [6.07, 6.45) is -5.03. The van der Waals surface area contributed by atoms with Crippen LogP contribution in [0.5, 0.6) is 17.2 Å². The lowest BCUT2D eigenvalue weighted by Crippen LogP contribution is -2.41. The summed E-state index contributed by atoms with van der Waals surface area (Å²) in [6.45, 7) is -0.862. The zero-order valence-electron chi connectivity index (χ0n) is 16.8. The number of hydrogen-bond acceptors (Lipinski definition) is 5. The van der Waals surface area contributed by atoms with E-state index in [1.54, 1.807) is 0 Å². The Morgan fingerprint density at radius 3 is 2.38 bits per heavy atom. The van der Waals surface area contributed by atoms with E-state index in [1.165, 1.54) is 6.07 Å². The third kappa shape index (κ3) is 4.88. The summed E-state index contributed by atoms with van der Waals surface area (Å²) in [5.41, 5.74) is -5.42. The van der Waals surface area contributed by atoms with Crippen molar-refractivity contribution in [3.05, 3.63) is 79.6 Å². The Balaban J connectivity index is 2.15. The number of carboxylic acids is 1. The van der Waals surface area contributed by atoms with Gasteiger partial charge < -0.3 is 14.6 Å². The summed E-state index contributed by atoms with van der Waals surface area (Å²) in [5.74, 6) is -5.23. The standard InChI is InChI=1S/C20H12ClF5N2O6/c1-27-15(20(24,25)26)7-16(29)28(19(27)32)12-6-14(9(21)5-11(12)23)34-18-10(22)3-2-4-13(18)33-8-17(30)31/h2-7H,8H2,1H3,(H,30,31). The van der Waals surface area contributed by atoms with Gasteiger partial charge in [0.1, 0.15) is 17.3 Å². The molecule has 3 aromatic rings. The molecule has 0 atom stereocenters. The number of alkyl halides is 3. The van der Waals surface area contributed by atoms with Gasteiger partial charge in [-0.15, -0.1) is 0 Å². The fraction of sp³-hybridized carbons (Fsp3) is 0.150. The third-order valence-corrected chi connectivity index (χ3v) is 4.64. The van der Waals surface area contributed by atoms with Crippen molar-refractivity contribution >= 4 is 17.6 Å². The number of aromatic nitrogens is 2. The number of carbonyl (C=O) groups is 1. The molecule has 34 heavy (non-hydrogen) atoms. The smallest absolute Gasteiger partial charge is 0.431 e. The molecule has 0 aliphatic rings. The van der Waals surface area contributed by atoms with E-state index in [0.29, 0.717) is 12.1 Å². The van der Waals surface area contributed by atoms with Crippen molar-refractivity contribution in [2.45, 2.75) is 6.18 Å². The molecule has 0 unspecified atom stereocenters. The number of carboxylic acid groups (broad SMARTS) is 1. The Kier molecular flexibility index (Phi) is 6.68. The largest absolute Gasteiger partial charge is 0.479 e. The molecule has 0 aliphatic heterocycles. The summed E-state index contributed by atoms with van der Waals surface area (Å²) >= 11 is 5.93. The molecule has 2 aromatic carbocycles. The van der Waals surface area contributed by atoms with Gasteiger partial charge in [-0.2, -0.15) is 13.2 Å². The van der Waals surface area contributed by atoms with E-state index < -0.39 is 69.5 Å². The number of aliphatic carboxylic acids is 1. The highest BCUT2D eigenvalue weighted by atomic mass is 35.5. The number of benzene rings is 2. The number of nitrogens with zero attached hydrogens (tertiary/aromatic N) is 2. The van der Waals surface area contributed by atoms with Crippen LogP contribution in [0.1, 0.15) is 5.69 Å². The average molecular weight is 507 g/mol. The van der Waals surface area contributed by atoms with Crippen LogP contribution in [-0.2, 0) is 18.0 Å². The maximum Gasteiger partial charge on any atom is 0.431 e. The first-order valence-corrected chi connectivity index (χ1v) is 9.39. The molecule has 0 spiro atoms. The van der Waals surface area contributed by atoms with Crippen LogP contribution < -0.4 is 20.7 Å². The molecule has 1 heterocycles. The molecule has 0 bridgehead atoms. The molecule has 0 aliphatic carbocycles. The molecule has 180 valence electrons. The molecule has 1 aromatic heterocycles. The summed E-state index contributed by atoms with van der Waals surface area (Å²) in [7, 11) is 0.734. The lowest BCUT2D eigenvalue weighted by molar-refractivity contribution is -0.144. The molecular formula is C20H12ClF5N2O6. The normalized spacial score (nSPS) is 11.4. The van der Waals surface area contributed by atoms with Crippen LogP contribution in [0, 0.1) is 11.6 Å². The van der Waals surface area contributed by atoms with Gasteiger partial charge in [0.05, 0.1) is 10.7 Å². The Morgan fingerprint density at radius 1 is 1.09 bits per heavy atom. The van der Waals surface area contributed by atoms with Gasteiger partial charge in [0.2, 0.25) is 5.75 Å². The molecule has 0 saturated carbocycles. The molecule has 14 heteroatoms. The van der Waals surface area contributed by atoms with E-state index in [1.807, 2.05) is 0 Å². The van der Waals surface area contributed by atoms with E-state index in [9.17, 15) is 36.3 Å². The maximum atomic E-state index is 14.6. The summed E-state index contributed by atoms with van der Waals surface area (Å²) < 4.78 is 78.6. The summed E-state index contributed by atoms with van der Waals surface area (Å²) in [6, 6.07) is 4.66. The second-order valence-corrected chi connectivity index (χ2v) is 7.04. The Morgan fingerprint density at radius 2 is 1.76 bits per heavy atom. The first kappa shape index (κ1) is 24.8. The van der Waals surface area contributed by atoms with E-state index >= 15 is 0 Å². The van der Waals surface area contributed by atoms with Gasteiger partial charge >= 0.3 is 17.8 Å². The van der Waals surface area contributed by atoms with E-state index in [0.717, 1.165) is 19.2 Å². The van der Waals surface area contributed by atoms with Crippen LogP contribution in [0.3, 0.4) is 0 Å². The van der Waals surface area contributed by atoms with Crippen LogP contribution in [0.15, 0.2) is 46.0 Å². The Labute approximate surface area is 191 Å². The molecule has 1 N–H and O–H groups in total. The minimum Gasteiger partial charge on any atom is -0.479 e. The second-order valence-electron chi connectivity index (χ2n) is 6.63. The molecule has 3 rings (SSSR count). The van der Waals surface area contributed by atoms with E-state index in [-0.39, 0.29) is 21.0 Å². The summed E-state index contributed by atoms with van der Waals surface area (Å²) in [5, 5.41) is 8.28. The van der Waals surface area contributed by atoms with Crippen LogP contribution in [0.4, 0.5) is 22.0 Å². The maximum absolute atomic E-state index is 14.6. The molecule has 0 amide bonds. The minimum absolute atomic E-state index is 0.102. The third-order valence-electron chi connectivity index (χ3n) is 4.35. The number of para-hydroxylation sites is 1. The van der Waals surface area contributed by atoms with Gasteiger partial charge in [0.25, 0.3) is 5.56 Å². The molecule has 8 nitrogen and oxygen atoms in total. The first-order valence-electron chi connectivity index (χ1n) is 9.02. The van der Waals surface area contributed by atoms with Gasteiger partial charge in [-0.1, -0.05) is 17.7 Å². The molecular weight excluding hydrogens is 495 g/mol. The molecule has 0 fully saturated rings. The fourth-order valence-electron chi connectivity index (χ4n) is 2.84. The van der Waals surface area contributed by atoms with Gasteiger partial charge in [0.15, 0.2) is 18.2 Å². The minimum atomic E-state index is -5.03. The van der Waals surface area contributed by atoms with Crippen molar-refractivity contribution in [2.75, 3.05) is 6.61 Å². The van der Waals surface area contributed by atoms with Crippen molar-refractivity contribution in [3.63, 3.8) is 0 Å². The highest BCUT2D eigenvalue weighted by Crippen LogP contribution is 2.38. The van der Waals surface area contributed by atoms with Crippen LogP contribution in [0.2, 0.25) is 5.02 Å². The lowest BCUT2D eigenvalue weighted by Gasteiger charge is -2.16. The van der Waals surface area contributed by atoms with Crippen molar-refractivity contribution in [3.8, 4) is 22.9 Å². The van der Waals surface area contributed by atoms with Crippen LogP contribution in [0.25, 0.3) is 5.69 Å². The number of hydrogen-bond donors (Lipinski definition) is 1. The SMILES string of the molecule is Cn1c(C(F)(F)F)cc(=O)n(-c2cc(Oc3c(F)cccc3OCC(=O)O)c(Cl)cc2F)c1=O. The highest BCUT2D eigenvalue weighted by molar-refractivity contribution is 6.32. The highest BCUT2D eigenvalue weighted by Gasteiger charge is 2.35. The fourth-order valence-corrected chi connectivity index (χ4v) is 3.03. The number of halogens is 6. The second kappa shape index (κ2) is 9.17. The summed E-state index contributed by atoms with van der Waals surface area (Å²) in [4.78, 5) is 35.5. The number of ether oxygens (including phenoxy) is 2. The number of rotatable bonds is 6. The van der Waals surface area contributed by atoms with Crippen molar-refractivity contribution < 1.29 is 41.3 Å². The topological polar surface area (TPSA) is 99.8 Å². The van der Waals surface area contributed by atoms with Gasteiger partial charge in [-0.25, -0.2) is 22.9 Å². The average Bonchev–Trinajstić information content (AvgIpc) is 2.73. The van der Waals surface area contributed by atoms with Crippen molar-refractivity contribution in [1.29, 1.82) is 0 Å². The van der Waals surface area contributed by atoms with Crippen molar-refractivity contribution in [1.82, 2.24) is 9.13 Å². The van der Waals surface area contributed by atoms with Gasteiger partial charge in [0, 0.05) is 19.2 Å². The van der Waals surface area contributed by atoms with Crippen molar-refractivity contribution in [2.24, 2.45) is 7.05 Å². The van der Waals surface area contributed by atoms with E-state index in [4.69, 9.17) is 26.2 Å². The molecule has 0 radical (unpaired) electrons. The predicted octanol–water partition coefficient (Wildman–Crippen LogP) is 3.74. The quantitative estimate of drug-likeness (QED) is 0.511. The van der Waals surface area contributed by atoms with Crippen LogP contribution >= 0.6 is 11.6 Å². The van der Waals surface area contributed by atoms with E-state index in [2.05, 4.69) is 0 Å².